The molecule has 1 atom stereocenters. The summed E-state index contributed by atoms with van der Waals surface area (Å²) in [5.74, 6) is 0.626. The van der Waals surface area contributed by atoms with Gasteiger partial charge >= 0.3 is 0 Å². The molecule has 0 bridgehead atoms. The van der Waals surface area contributed by atoms with Crippen molar-refractivity contribution in [1.82, 2.24) is 10.6 Å². The molecule has 0 fully saturated rings. The summed E-state index contributed by atoms with van der Waals surface area (Å²) in [5.41, 5.74) is 2.87. The SMILES string of the molecule is COCCCNC(=O)CNCC1Cc2ccccc21. The molecular weight excluding hydrogens is 240 g/mol. The zero-order chi connectivity index (χ0) is 13.5. The Labute approximate surface area is 114 Å². The van der Waals surface area contributed by atoms with Crippen LogP contribution in [-0.2, 0) is 16.0 Å². The maximum absolute atomic E-state index is 11.5. The number of amides is 1. The van der Waals surface area contributed by atoms with E-state index in [0.717, 1.165) is 19.4 Å². The molecule has 2 N–H and O–H groups in total. The van der Waals surface area contributed by atoms with E-state index >= 15 is 0 Å². The van der Waals surface area contributed by atoms with Crippen molar-refractivity contribution in [2.45, 2.75) is 18.8 Å². The van der Waals surface area contributed by atoms with Gasteiger partial charge in [0.15, 0.2) is 0 Å². The number of hydrogen-bond donors (Lipinski definition) is 2. The fourth-order valence-electron chi connectivity index (χ4n) is 2.41. The van der Waals surface area contributed by atoms with Gasteiger partial charge in [-0.2, -0.15) is 0 Å². The third kappa shape index (κ3) is 4.04. The van der Waals surface area contributed by atoms with Gasteiger partial charge < -0.3 is 15.4 Å². The van der Waals surface area contributed by atoms with Gasteiger partial charge in [-0.15, -0.1) is 0 Å². The van der Waals surface area contributed by atoms with E-state index in [0.29, 0.717) is 25.6 Å². The lowest BCUT2D eigenvalue weighted by Crippen LogP contribution is -2.38. The lowest BCUT2D eigenvalue weighted by molar-refractivity contribution is -0.120. The fraction of sp³-hybridized carbons (Fsp3) is 0.533. The largest absolute Gasteiger partial charge is 0.385 e. The van der Waals surface area contributed by atoms with Crippen molar-refractivity contribution < 1.29 is 9.53 Å². The minimum atomic E-state index is 0.0590. The summed E-state index contributed by atoms with van der Waals surface area (Å²) >= 11 is 0. The van der Waals surface area contributed by atoms with E-state index < -0.39 is 0 Å². The van der Waals surface area contributed by atoms with Gasteiger partial charge in [0.2, 0.25) is 5.91 Å². The first-order valence-electron chi connectivity index (χ1n) is 6.85. The molecule has 1 aliphatic carbocycles. The first kappa shape index (κ1) is 14.0. The second kappa shape index (κ2) is 7.26. The molecule has 4 nitrogen and oxygen atoms in total. The number of rotatable bonds is 8. The molecule has 104 valence electrons. The zero-order valence-electron chi connectivity index (χ0n) is 11.4. The number of fused-ring (bicyclic) bond motifs is 1. The van der Waals surface area contributed by atoms with Gasteiger partial charge in [-0.25, -0.2) is 0 Å². The normalized spacial score (nSPS) is 16.6. The van der Waals surface area contributed by atoms with Gasteiger partial charge in [-0.05, 0) is 24.0 Å². The predicted molar refractivity (Wildman–Crippen MR) is 75.3 cm³/mol. The molecule has 2 rings (SSSR count). The fourth-order valence-corrected chi connectivity index (χ4v) is 2.41. The molecule has 19 heavy (non-hydrogen) atoms. The number of carbonyl (C=O) groups excluding carboxylic acids is 1. The molecule has 0 aliphatic heterocycles. The minimum Gasteiger partial charge on any atom is -0.385 e. The Hall–Kier alpha value is -1.39. The smallest absolute Gasteiger partial charge is 0.233 e. The van der Waals surface area contributed by atoms with E-state index in [4.69, 9.17) is 4.74 Å². The second-order valence-corrected chi connectivity index (χ2v) is 4.93. The van der Waals surface area contributed by atoms with Crippen LogP contribution in [0, 0.1) is 0 Å². The van der Waals surface area contributed by atoms with Crippen molar-refractivity contribution in [3.8, 4) is 0 Å². The van der Waals surface area contributed by atoms with E-state index in [1.54, 1.807) is 7.11 Å². The standard InChI is InChI=1S/C15H22N2O2/c1-19-8-4-7-17-15(18)11-16-10-13-9-12-5-2-3-6-14(12)13/h2-3,5-6,13,16H,4,7-11H2,1H3,(H,17,18). The van der Waals surface area contributed by atoms with Crippen molar-refractivity contribution in [2.75, 3.05) is 33.4 Å². The Morgan fingerprint density at radius 1 is 1.42 bits per heavy atom. The van der Waals surface area contributed by atoms with Gasteiger partial charge in [-0.1, -0.05) is 24.3 Å². The zero-order valence-corrected chi connectivity index (χ0v) is 11.4. The number of benzene rings is 1. The highest BCUT2D eigenvalue weighted by Gasteiger charge is 2.24. The third-order valence-electron chi connectivity index (χ3n) is 3.48. The number of nitrogens with one attached hydrogen (secondary N) is 2. The van der Waals surface area contributed by atoms with Crippen LogP contribution in [0.15, 0.2) is 24.3 Å². The highest BCUT2D eigenvalue weighted by Crippen LogP contribution is 2.33. The van der Waals surface area contributed by atoms with Gasteiger partial charge in [0.05, 0.1) is 6.54 Å². The molecule has 0 spiro atoms. The monoisotopic (exact) mass is 262 g/mol. The molecule has 0 saturated carbocycles. The van der Waals surface area contributed by atoms with Crippen LogP contribution in [-0.4, -0.2) is 39.3 Å². The molecule has 0 heterocycles. The lowest BCUT2D eigenvalue weighted by Gasteiger charge is -2.30. The maximum atomic E-state index is 11.5. The van der Waals surface area contributed by atoms with Gasteiger partial charge in [0.1, 0.15) is 0 Å². The van der Waals surface area contributed by atoms with Crippen LogP contribution in [0.1, 0.15) is 23.5 Å². The van der Waals surface area contributed by atoms with Crippen molar-refractivity contribution in [3.05, 3.63) is 35.4 Å². The van der Waals surface area contributed by atoms with Crippen molar-refractivity contribution in [3.63, 3.8) is 0 Å². The molecule has 1 unspecified atom stereocenters. The molecule has 1 aromatic rings. The first-order valence-corrected chi connectivity index (χ1v) is 6.85. The molecular formula is C15H22N2O2. The molecule has 0 radical (unpaired) electrons. The van der Waals surface area contributed by atoms with E-state index in [1.165, 1.54) is 11.1 Å². The van der Waals surface area contributed by atoms with Crippen molar-refractivity contribution in [2.24, 2.45) is 0 Å². The topological polar surface area (TPSA) is 50.4 Å². The van der Waals surface area contributed by atoms with Gasteiger partial charge in [-0.3, -0.25) is 4.79 Å². The highest BCUT2D eigenvalue weighted by molar-refractivity contribution is 5.77. The van der Waals surface area contributed by atoms with Crippen LogP contribution in [0.2, 0.25) is 0 Å². The summed E-state index contributed by atoms with van der Waals surface area (Å²) in [6.45, 7) is 2.64. The Morgan fingerprint density at radius 2 is 2.26 bits per heavy atom. The Bertz CT molecular complexity index is 420. The molecule has 1 aromatic carbocycles. The van der Waals surface area contributed by atoms with Gasteiger partial charge in [0, 0.05) is 32.7 Å². The van der Waals surface area contributed by atoms with Crippen molar-refractivity contribution in [1.29, 1.82) is 0 Å². The third-order valence-corrected chi connectivity index (χ3v) is 3.48. The van der Waals surface area contributed by atoms with E-state index in [-0.39, 0.29) is 5.91 Å². The average Bonchev–Trinajstić information content (AvgIpc) is 2.40. The summed E-state index contributed by atoms with van der Waals surface area (Å²) in [7, 11) is 1.67. The summed E-state index contributed by atoms with van der Waals surface area (Å²) in [6, 6.07) is 8.51. The quantitative estimate of drug-likeness (QED) is 0.689. The molecule has 1 aliphatic rings. The minimum absolute atomic E-state index is 0.0590. The number of methoxy groups -OCH3 is 1. The van der Waals surface area contributed by atoms with Crippen LogP contribution < -0.4 is 10.6 Å². The van der Waals surface area contributed by atoms with E-state index in [2.05, 4.69) is 34.9 Å². The van der Waals surface area contributed by atoms with Crippen LogP contribution in [0.4, 0.5) is 0 Å². The van der Waals surface area contributed by atoms with Crippen molar-refractivity contribution >= 4 is 5.91 Å². The number of carbonyl (C=O) groups is 1. The Kier molecular flexibility index (Phi) is 5.36. The summed E-state index contributed by atoms with van der Waals surface area (Å²) < 4.78 is 4.92. The van der Waals surface area contributed by atoms with E-state index in [9.17, 15) is 4.79 Å². The maximum Gasteiger partial charge on any atom is 0.233 e. The Morgan fingerprint density at radius 3 is 3.05 bits per heavy atom. The van der Waals surface area contributed by atoms with Crippen LogP contribution in [0.25, 0.3) is 0 Å². The number of ether oxygens (including phenoxy) is 1. The highest BCUT2D eigenvalue weighted by atomic mass is 16.5. The predicted octanol–water partition coefficient (Wildman–Crippen LogP) is 1.07. The van der Waals surface area contributed by atoms with Crippen LogP contribution in [0.5, 0.6) is 0 Å². The summed E-state index contributed by atoms with van der Waals surface area (Å²) in [5, 5.41) is 6.09. The number of hydrogen-bond acceptors (Lipinski definition) is 3. The molecule has 0 saturated heterocycles. The van der Waals surface area contributed by atoms with Gasteiger partial charge in [0.25, 0.3) is 0 Å². The second-order valence-electron chi connectivity index (χ2n) is 4.93. The molecule has 4 heteroatoms. The van der Waals surface area contributed by atoms with Crippen LogP contribution >= 0.6 is 0 Å². The Balaban J connectivity index is 1.57. The summed E-state index contributed by atoms with van der Waals surface area (Å²) in [4.78, 5) is 11.5. The summed E-state index contributed by atoms with van der Waals surface area (Å²) in [6.07, 6.45) is 1.98. The van der Waals surface area contributed by atoms with E-state index in [1.807, 2.05) is 0 Å². The average molecular weight is 262 g/mol. The first-order chi connectivity index (χ1) is 9.31. The molecule has 1 amide bonds. The molecule has 0 aromatic heterocycles. The van der Waals surface area contributed by atoms with Crippen LogP contribution in [0.3, 0.4) is 0 Å². The lowest BCUT2D eigenvalue weighted by atomic mass is 9.78.